The first kappa shape index (κ1) is 15.4. The monoisotopic (exact) mass is 367 g/mol. The first-order valence-corrected chi connectivity index (χ1v) is 6.67. The minimum absolute atomic E-state index is 0.0133. The number of phenols is 1. The van der Waals surface area contributed by atoms with Gasteiger partial charge in [0.15, 0.2) is 0 Å². The zero-order valence-electron chi connectivity index (χ0n) is 9.00. The van der Waals surface area contributed by atoms with Crippen molar-refractivity contribution in [2.75, 3.05) is 5.73 Å². The summed E-state index contributed by atoms with van der Waals surface area (Å²) in [5.74, 6) is 0.0133. The second kappa shape index (κ2) is 7.10. The van der Waals surface area contributed by atoms with Crippen molar-refractivity contribution in [3.8, 4) is 5.75 Å². The third-order valence-corrected chi connectivity index (χ3v) is 3.56. The number of rotatable bonds is 0. The molecule has 0 aromatic heterocycles. The number of aromatic hydroxyl groups is 1. The molecule has 0 fully saturated rings. The van der Waals surface area contributed by atoms with E-state index in [1.54, 1.807) is 0 Å². The van der Waals surface area contributed by atoms with Crippen LogP contribution in [0.2, 0.25) is 15.1 Å². The summed E-state index contributed by atoms with van der Waals surface area (Å²) in [5, 5.41) is 9.67. The lowest BCUT2D eigenvalue weighted by Gasteiger charge is -1.98. The van der Waals surface area contributed by atoms with Crippen LogP contribution in [0.1, 0.15) is 0 Å². The van der Waals surface area contributed by atoms with Gasteiger partial charge in [-0.2, -0.15) is 0 Å². The predicted octanol–water partition coefficient (Wildman–Crippen LogP) is 5.38. The Morgan fingerprint density at radius 3 is 1.78 bits per heavy atom. The number of hydrogen-bond donors (Lipinski definition) is 2. The van der Waals surface area contributed by atoms with E-state index in [9.17, 15) is 0 Å². The van der Waals surface area contributed by atoms with Gasteiger partial charge in [0.05, 0.1) is 15.1 Å². The topological polar surface area (TPSA) is 46.2 Å². The van der Waals surface area contributed by atoms with Gasteiger partial charge in [-0.1, -0.05) is 50.7 Å². The molecule has 6 heteroatoms. The Kier molecular flexibility index (Phi) is 6.09. The standard InChI is InChI=1S/C6H6BrN.C6H3Cl3O/c7-5-1-3-6(8)4-2-5;7-4-1-3(10)2-5(8)6(4)9/h1-4H,8H2;1-2,10H. The highest BCUT2D eigenvalue weighted by atomic mass is 79.9. The molecule has 0 unspecified atom stereocenters. The molecular formula is C12H9BrCl3NO. The zero-order valence-corrected chi connectivity index (χ0v) is 12.9. The molecule has 0 saturated heterocycles. The van der Waals surface area contributed by atoms with Gasteiger partial charge in [0, 0.05) is 22.3 Å². The predicted molar refractivity (Wildman–Crippen MR) is 81.7 cm³/mol. The van der Waals surface area contributed by atoms with Gasteiger partial charge >= 0.3 is 0 Å². The van der Waals surface area contributed by atoms with Crippen LogP contribution in [0.25, 0.3) is 0 Å². The molecule has 0 heterocycles. The summed E-state index contributed by atoms with van der Waals surface area (Å²) in [6, 6.07) is 10.2. The van der Waals surface area contributed by atoms with Crippen LogP contribution in [0.3, 0.4) is 0 Å². The molecule has 96 valence electrons. The molecule has 2 rings (SSSR count). The lowest BCUT2D eigenvalue weighted by molar-refractivity contribution is 0.475. The van der Waals surface area contributed by atoms with Gasteiger partial charge in [-0.05, 0) is 24.3 Å². The molecular weight excluding hydrogens is 360 g/mol. The maximum absolute atomic E-state index is 8.89. The first-order chi connectivity index (χ1) is 8.40. The minimum Gasteiger partial charge on any atom is -0.508 e. The van der Waals surface area contributed by atoms with E-state index in [4.69, 9.17) is 45.6 Å². The Morgan fingerprint density at radius 1 is 0.944 bits per heavy atom. The second-order valence-electron chi connectivity index (χ2n) is 3.27. The van der Waals surface area contributed by atoms with E-state index in [0.29, 0.717) is 0 Å². The summed E-state index contributed by atoms with van der Waals surface area (Å²) in [6.07, 6.45) is 0. The average molecular weight is 369 g/mol. The maximum Gasteiger partial charge on any atom is 0.118 e. The molecule has 2 nitrogen and oxygen atoms in total. The van der Waals surface area contributed by atoms with Gasteiger partial charge in [-0.15, -0.1) is 0 Å². The largest absolute Gasteiger partial charge is 0.508 e. The number of phenolic OH excluding ortho intramolecular Hbond substituents is 1. The van der Waals surface area contributed by atoms with Crippen LogP contribution < -0.4 is 5.73 Å². The van der Waals surface area contributed by atoms with Gasteiger partial charge in [0.2, 0.25) is 0 Å². The highest BCUT2D eigenvalue weighted by Crippen LogP contribution is 2.33. The molecule has 2 aromatic rings. The average Bonchev–Trinajstić information content (AvgIpc) is 2.31. The third-order valence-electron chi connectivity index (χ3n) is 1.84. The number of halogens is 4. The van der Waals surface area contributed by atoms with Crippen LogP contribution >= 0.6 is 50.7 Å². The maximum atomic E-state index is 8.89. The van der Waals surface area contributed by atoms with E-state index in [0.717, 1.165) is 10.2 Å². The van der Waals surface area contributed by atoms with Crippen LogP contribution in [0.5, 0.6) is 5.75 Å². The molecule has 0 bridgehead atoms. The van der Waals surface area contributed by atoms with Gasteiger partial charge in [0.1, 0.15) is 5.75 Å². The molecule has 0 saturated carbocycles. The molecule has 18 heavy (non-hydrogen) atoms. The SMILES string of the molecule is Nc1ccc(Br)cc1.Oc1cc(Cl)c(Cl)c(Cl)c1. The Balaban J connectivity index is 0.000000184. The van der Waals surface area contributed by atoms with Crippen LogP contribution in [0.4, 0.5) is 5.69 Å². The van der Waals surface area contributed by atoms with Crippen molar-refractivity contribution >= 4 is 56.4 Å². The number of hydrogen-bond acceptors (Lipinski definition) is 2. The van der Waals surface area contributed by atoms with E-state index in [1.807, 2.05) is 24.3 Å². The first-order valence-electron chi connectivity index (χ1n) is 4.74. The fourth-order valence-electron chi connectivity index (χ4n) is 1.00. The molecule has 0 amide bonds. The Bertz CT molecular complexity index is 487. The summed E-state index contributed by atoms with van der Waals surface area (Å²) >= 11 is 20.0. The molecule has 2 aromatic carbocycles. The van der Waals surface area contributed by atoms with Crippen molar-refractivity contribution in [2.45, 2.75) is 0 Å². The van der Waals surface area contributed by atoms with Crippen LogP contribution in [-0.4, -0.2) is 5.11 Å². The lowest BCUT2D eigenvalue weighted by atomic mass is 10.3. The number of anilines is 1. The molecule has 0 aliphatic rings. The summed E-state index contributed by atoms with van der Waals surface area (Å²) < 4.78 is 1.06. The second-order valence-corrected chi connectivity index (χ2v) is 5.38. The Hall–Kier alpha value is -0.610. The van der Waals surface area contributed by atoms with Crippen molar-refractivity contribution in [1.29, 1.82) is 0 Å². The van der Waals surface area contributed by atoms with E-state index >= 15 is 0 Å². The number of benzene rings is 2. The molecule has 3 N–H and O–H groups in total. The van der Waals surface area contributed by atoms with Gasteiger partial charge in [0.25, 0.3) is 0 Å². The van der Waals surface area contributed by atoms with Crippen molar-refractivity contribution in [1.82, 2.24) is 0 Å². The number of nitrogen functional groups attached to an aromatic ring is 1. The van der Waals surface area contributed by atoms with Gasteiger partial charge in [-0.3, -0.25) is 0 Å². The molecule has 0 atom stereocenters. The summed E-state index contributed by atoms with van der Waals surface area (Å²) in [7, 11) is 0. The summed E-state index contributed by atoms with van der Waals surface area (Å²) in [4.78, 5) is 0. The molecule has 0 aliphatic carbocycles. The Labute approximate surface area is 128 Å². The van der Waals surface area contributed by atoms with E-state index in [-0.39, 0.29) is 20.8 Å². The van der Waals surface area contributed by atoms with Crippen molar-refractivity contribution in [3.05, 3.63) is 55.9 Å². The van der Waals surface area contributed by atoms with Crippen molar-refractivity contribution < 1.29 is 5.11 Å². The fourth-order valence-corrected chi connectivity index (χ4v) is 1.85. The Morgan fingerprint density at radius 2 is 1.39 bits per heavy atom. The molecule has 0 radical (unpaired) electrons. The van der Waals surface area contributed by atoms with E-state index in [2.05, 4.69) is 15.9 Å². The van der Waals surface area contributed by atoms with E-state index in [1.165, 1.54) is 12.1 Å². The molecule has 0 aliphatic heterocycles. The smallest absolute Gasteiger partial charge is 0.118 e. The fraction of sp³-hybridized carbons (Fsp3) is 0. The van der Waals surface area contributed by atoms with Gasteiger partial charge < -0.3 is 10.8 Å². The quantitative estimate of drug-likeness (QED) is 0.483. The normalized spacial score (nSPS) is 9.56. The third kappa shape index (κ3) is 4.94. The van der Waals surface area contributed by atoms with Crippen molar-refractivity contribution in [3.63, 3.8) is 0 Å². The summed E-state index contributed by atoms with van der Waals surface area (Å²) in [6.45, 7) is 0. The van der Waals surface area contributed by atoms with Crippen LogP contribution in [0, 0.1) is 0 Å². The highest BCUT2D eigenvalue weighted by Gasteiger charge is 2.03. The lowest BCUT2D eigenvalue weighted by Crippen LogP contribution is -1.80. The summed E-state index contributed by atoms with van der Waals surface area (Å²) in [5.41, 5.74) is 6.21. The minimum atomic E-state index is 0.0133. The van der Waals surface area contributed by atoms with E-state index < -0.39 is 0 Å². The zero-order chi connectivity index (χ0) is 13.7. The van der Waals surface area contributed by atoms with Crippen LogP contribution in [0.15, 0.2) is 40.9 Å². The molecule has 0 spiro atoms. The van der Waals surface area contributed by atoms with Gasteiger partial charge in [-0.25, -0.2) is 0 Å². The highest BCUT2D eigenvalue weighted by molar-refractivity contribution is 9.10. The van der Waals surface area contributed by atoms with Crippen LogP contribution in [-0.2, 0) is 0 Å². The van der Waals surface area contributed by atoms with Crippen molar-refractivity contribution in [2.24, 2.45) is 0 Å². The number of nitrogens with two attached hydrogens (primary N) is 1.